The second-order valence-electron chi connectivity index (χ2n) is 1.58. The molecule has 0 bridgehead atoms. The minimum absolute atomic E-state index is 0. The van der Waals surface area contributed by atoms with E-state index in [0.717, 1.165) is 0 Å². The summed E-state index contributed by atoms with van der Waals surface area (Å²) in [4.78, 5) is 7.67. The van der Waals surface area contributed by atoms with Crippen molar-refractivity contribution >= 4 is 24.2 Å². The Morgan fingerprint density at radius 1 is 1.60 bits per heavy atom. The zero-order valence-corrected chi connectivity index (χ0v) is 9.33. The van der Waals surface area contributed by atoms with Crippen molar-refractivity contribution in [1.82, 2.24) is 9.97 Å². The van der Waals surface area contributed by atoms with E-state index < -0.39 is 0 Å². The standard InChI is InChI=1S/C5H5ClN2S.Na/c1-3-5(9)7-2-4(6)8-3;/h2H,1H3,(H,7,9);/q;+1/p-1. The maximum atomic E-state index is 5.50. The molecule has 5 heteroatoms. The molecule has 0 saturated heterocycles. The molecule has 1 heterocycles. The van der Waals surface area contributed by atoms with Gasteiger partial charge in [0.1, 0.15) is 5.15 Å². The van der Waals surface area contributed by atoms with Crippen LogP contribution < -0.4 is 29.6 Å². The number of nitrogens with zero attached hydrogens (tertiary/aromatic N) is 2. The summed E-state index contributed by atoms with van der Waals surface area (Å²) in [6, 6.07) is 0. The SMILES string of the molecule is Cc1nc(Cl)cnc1[S-].[Na+]. The summed E-state index contributed by atoms with van der Waals surface area (Å²) in [5.74, 6) is 0. The van der Waals surface area contributed by atoms with Crippen molar-refractivity contribution in [2.45, 2.75) is 11.9 Å². The fourth-order valence-electron chi connectivity index (χ4n) is 0.442. The number of hydrogen-bond donors (Lipinski definition) is 0. The molecule has 0 aliphatic heterocycles. The maximum Gasteiger partial charge on any atom is 1.00 e. The summed E-state index contributed by atoms with van der Waals surface area (Å²) >= 11 is 10.3. The molecule has 0 unspecified atom stereocenters. The largest absolute Gasteiger partial charge is 1.00 e. The van der Waals surface area contributed by atoms with Crippen LogP contribution in [-0.4, -0.2) is 9.97 Å². The van der Waals surface area contributed by atoms with Crippen molar-refractivity contribution in [3.05, 3.63) is 17.0 Å². The Balaban J connectivity index is 0.000000810. The van der Waals surface area contributed by atoms with E-state index in [-0.39, 0.29) is 29.6 Å². The number of halogens is 1. The Hall–Kier alpha value is 0.590. The number of hydrogen-bond acceptors (Lipinski definition) is 3. The van der Waals surface area contributed by atoms with Crippen LogP contribution >= 0.6 is 11.6 Å². The van der Waals surface area contributed by atoms with Gasteiger partial charge in [0.05, 0.1) is 6.20 Å². The number of aryl methyl sites for hydroxylation is 1. The van der Waals surface area contributed by atoms with Gasteiger partial charge in [0.15, 0.2) is 0 Å². The van der Waals surface area contributed by atoms with E-state index in [1.165, 1.54) is 6.20 Å². The molecule has 1 rings (SSSR count). The second kappa shape index (κ2) is 4.46. The Kier molecular flexibility index (Phi) is 4.73. The summed E-state index contributed by atoms with van der Waals surface area (Å²) in [5.41, 5.74) is 0.706. The normalized spacial score (nSPS) is 8.60. The van der Waals surface area contributed by atoms with Crippen LogP contribution in [0.4, 0.5) is 0 Å². The third-order valence-corrected chi connectivity index (χ3v) is 1.46. The molecule has 0 aliphatic rings. The molecule has 0 aliphatic carbocycles. The molecule has 48 valence electrons. The van der Waals surface area contributed by atoms with Crippen molar-refractivity contribution in [2.75, 3.05) is 0 Å². The van der Waals surface area contributed by atoms with Crippen LogP contribution in [-0.2, 0) is 12.6 Å². The van der Waals surface area contributed by atoms with Crippen molar-refractivity contribution < 1.29 is 29.6 Å². The molecule has 2 nitrogen and oxygen atoms in total. The Morgan fingerprint density at radius 3 is 2.60 bits per heavy atom. The van der Waals surface area contributed by atoms with Gasteiger partial charge in [-0.15, -0.1) is 0 Å². The van der Waals surface area contributed by atoms with E-state index in [4.69, 9.17) is 24.2 Å². The molecule has 1 aromatic heterocycles. The van der Waals surface area contributed by atoms with Gasteiger partial charge in [0, 0.05) is 5.69 Å². The number of rotatable bonds is 0. The van der Waals surface area contributed by atoms with Gasteiger partial charge in [-0.05, 0) is 6.92 Å². The van der Waals surface area contributed by atoms with E-state index in [2.05, 4.69) is 9.97 Å². The molecule has 10 heavy (non-hydrogen) atoms. The first-order chi connectivity index (χ1) is 4.20. The summed E-state index contributed by atoms with van der Waals surface area (Å²) in [7, 11) is 0. The first-order valence-corrected chi connectivity index (χ1v) is 3.15. The third-order valence-electron chi connectivity index (χ3n) is 0.872. The second-order valence-corrected chi connectivity index (χ2v) is 2.36. The summed E-state index contributed by atoms with van der Waals surface area (Å²) in [6.45, 7) is 1.78. The van der Waals surface area contributed by atoms with Crippen LogP contribution in [0.2, 0.25) is 5.15 Å². The van der Waals surface area contributed by atoms with Crippen LogP contribution in [0.5, 0.6) is 0 Å². The predicted molar refractivity (Wildman–Crippen MR) is 37.4 cm³/mol. The first-order valence-electron chi connectivity index (χ1n) is 2.36. The summed E-state index contributed by atoms with van der Waals surface area (Å²) in [6.07, 6.45) is 1.44. The molecule has 0 amide bonds. The summed E-state index contributed by atoms with van der Waals surface area (Å²) < 4.78 is 0. The van der Waals surface area contributed by atoms with Crippen LogP contribution in [0.3, 0.4) is 0 Å². The van der Waals surface area contributed by atoms with Crippen LogP contribution in [0.15, 0.2) is 11.2 Å². The third kappa shape index (κ3) is 2.68. The average Bonchev–Trinajstić information content (AvgIpc) is 1.80. The van der Waals surface area contributed by atoms with Crippen molar-refractivity contribution in [1.29, 1.82) is 0 Å². The van der Waals surface area contributed by atoms with Crippen molar-refractivity contribution in [2.24, 2.45) is 0 Å². The smallest absolute Gasteiger partial charge is 0.758 e. The van der Waals surface area contributed by atoms with E-state index in [0.29, 0.717) is 15.9 Å². The van der Waals surface area contributed by atoms with Crippen LogP contribution in [0.25, 0.3) is 0 Å². The molecule has 0 radical (unpaired) electrons. The maximum absolute atomic E-state index is 5.50. The molecule has 0 N–H and O–H groups in total. The first kappa shape index (κ1) is 10.6. The van der Waals surface area contributed by atoms with Gasteiger partial charge in [0.25, 0.3) is 0 Å². The van der Waals surface area contributed by atoms with Crippen LogP contribution in [0.1, 0.15) is 5.69 Å². The van der Waals surface area contributed by atoms with Crippen molar-refractivity contribution in [3.63, 3.8) is 0 Å². The van der Waals surface area contributed by atoms with Gasteiger partial charge in [-0.25, -0.2) is 4.98 Å². The monoisotopic (exact) mass is 182 g/mol. The molecule has 0 fully saturated rings. The van der Waals surface area contributed by atoms with E-state index in [9.17, 15) is 0 Å². The Labute approximate surface area is 92.1 Å². The minimum Gasteiger partial charge on any atom is -0.758 e. The summed E-state index contributed by atoms with van der Waals surface area (Å²) in [5, 5.41) is 0.903. The molecule has 0 aromatic carbocycles. The molecule has 0 atom stereocenters. The predicted octanol–water partition coefficient (Wildman–Crippen LogP) is -1.65. The minimum atomic E-state index is 0. The van der Waals surface area contributed by atoms with Gasteiger partial charge in [-0.1, -0.05) is 16.6 Å². The fraction of sp³-hybridized carbons (Fsp3) is 0.200. The van der Waals surface area contributed by atoms with Gasteiger partial charge in [-0.2, -0.15) is 0 Å². The molecule has 0 spiro atoms. The molecular weight excluding hydrogens is 179 g/mol. The molecular formula is C5H4ClN2NaS. The quantitative estimate of drug-likeness (QED) is 0.355. The molecule has 1 aromatic rings. The topological polar surface area (TPSA) is 25.8 Å². The Bertz CT molecular complexity index is 231. The van der Waals surface area contributed by atoms with Crippen LogP contribution in [0, 0.1) is 6.92 Å². The fourth-order valence-corrected chi connectivity index (χ4v) is 0.716. The van der Waals surface area contributed by atoms with Gasteiger partial charge < -0.3 is 12.6 Å². The van der Waals surface area contributed by atoms with E-state index >= 15 is 0 Å². The van der Waals surface area contributed by atoms with Gasteiger partial charge in [0.2, 0.25) is 0 Å². The average molecular weight is 183 g/mol. The van der Waals surface area contributed by atoms with Crippen molar-refractivity contribution in [3.8, 4) is 0 Å². The zero-order chi connectivity index (χ0) is 6.85. The molecule has 0 saturated carbocycles. The van der Waals surface area contributed by atoms with E-state index in [1.54, 1.807) is 6.92 Å². The van der Waals surface area contributed by atoms with Gasteiger partial charge >= 0.3 is 29.6 Å². The Morgan fingerprint density at radius 2 is 2.20 bits per heavy atom. The number of aromatic nitrogens is 2. The van der Waals surface area contributed by atoms with Gasteiger partial charge in [-0.3, -0.25) is 4.98 Å². The zero-order valence-electron chi connectivity index (χ0n) is 5.76. The van der Waals surface area contributed by atoms with E-state index in [1.807, 2.05) is 0 Å².